The lowest BCUT2D eigenvalue weighted by Crippen LogP contribution is -1.95. The van der Waals surface area contributed by atoms with Gasteiger partial charge in [-0.25, -0.2) is 13.9 Å². The van der Waals surface area contributed by atoms with Gasteiger partial charge in [-0.3, -0.25) is 0 Å². The lowest BCUT2D eigenvalue weighted by molar-refractivity contribution is 0.627. The number of hydrogen-bond donors (Lipinski definition) is 1. The molecule has 0 saturated heterocycles. The Labute approximate surface area is 129 Å². The molecule has 0 amide bonds. The van der Waals surface area contributed by atoms with Gasteiger partial charge in [-0.1, -0.05) is 12.1 Å². The van der Waals surface area contributed by atoms with E-state index in [0.29, 0.717) is 16.2 Å². The normalized spacial score (nSPS) is 11.2. The summed E-state index contributed by atoms with van der Waals surface area (Å²) in [7, 11) is 0. The molecule has 0 saturated carbocycles. The highest BCUT2D eigenvalue weighted by Crippen LogP contribution is 2.17. The van der Waals surface area contributed by atoms with Gasteiger partial charge in [-0.15, -0.1) is 0 Å². The van der Waals surface area contributed by atoms with E-state index in [4.69, 9.17) is 12.2 Å². The maximum atomic E-state index is 13.0. The molecule has 1 heterocycles. The van der Waals surface area contributed by atoms with Crippen LogP contribution >= 0.6 is 12.2 Å². The van der Waals surface area contributed by atoms with E-state index >= 15 is 0 Å². The lowest BCUT2D eigenvalue weighted by atomic mass is 10.2. The number of aromatic amines is 1. The minimum absolute atomic E-state index is 0.303. The molecule has 0 aliphatic carbocycles. The Balaban J connectivity index is 1.97. The van der Waals surface area contributed by atoms with Gasteiger partial charge >= 0.3 is 0 Å². The quantitative estimate of drug-likeness (QED) is 0.590. The molecule has 0 aliphatic heterocycles. The van der Waals surface area contributed by atoms with Crippen LogP contribution in [-0.2, 0) is 0 Å². The highest BCUT2D eigenvalue weighted by atomic mass is 32.1. The van der Waals surface area contributed by atoms with Gasteiger partial charge in [0.15, 0.2) is 5.82 Å². The van der Waals surface area contributed by atoms with Crippen molar-refractivity contribution in [2.45, 2.75) is 0 Å². The Morgan fingerprint density at radius 1 is 1.00 bits per heavy atom. The fourth-order valence-electron chi connectivity index (χ4n) is 1.86. The van der Waals surface area contributed by atoms with Crippen molar-refractivity contribution in [1.82, 2.24) is 14.9 Å². The van der Waals surface area contributed by atoms with E-state index < -0.39 is 0 Å². The van der Waals surface area contributed by atoms with Crippen molar-refractivity contribution in [1.29, 1.82) is 0 Å². The van der Waals surface area contributed by atoms with Crippen molar-refractivity contribution in [2.24, 2.45) is 5.10 Å². The van der Waals surface area contributed by atoms with Crippen molar-refractivity contribution < 1.29 is 8.78 Å². The fourth-order valence-corrected chi connectivity index (χ4v) is 2.04. The molecular weight excluding hydrogens is 306 g/mol. The lowest BCUT2D eigenvalue weighted by Gasteiger charge is -2.01. The van der Waals surface area contributed by atoms with Crippen molar-refractivity contribution in [2.75, 3.05) is 0 Å². The van der Waals surface area contributed by atoms with Gasteiger partial charge in [0.2, 0.25) is 4.77 Å². The molecule has 0 fully saturated rings. The standard InChI is InChI=1S/C15H10F2N4S/c16-12-5-1-10(2-6-12)9-18-21-14(19-20-15(21)22)11-3-7-13(17)8-4-11/h1-9H,(H,20,22). The van der Waals surface area contributed by atoms with Gasteiger partial charge in [0.1, 0.15) is 11.6 Å². The van der Waals surface area contributed by atoms with E-state index in [-0.39, 0.29) is 11.6 Å². The number of hydrogen-bond acceptors (Lipinski definition) is 3. The van der Waals surface area contributed by atoms with Gasteiger partial charge in [0.05, 0.1) is 6.21 Å². The SMILES string of the molecule is Fc1ccc(C=Nn2c(-c3ccc(F)cc3)n[nH]c2=S)cc1. The van der Waals surface area contributed by atoms with E-state index in [1.165, 1.54) is 35.2 Å². The van der Waals surface area contributed by atoms with Crippen LogP contribution in [0.25, 0.3) is 11.4 Å². The van der Waals surface area contributed by atoms with Crippen LogP contribution in [0.1, 0.15) is 5.56 Å². The molecule has 0 bridgehead atoms. The molecule has 0 spiro atoms. The van der Waals surface area contributed by atoms with E-state index in [1.807, 2.05) is 0 Å². The van der Waals surface area contributed by atoms with Crippen LogP contribution in [0.5, 0.6) is 0 Å². The second-order valence-electron chi connectivity index (χ2n) is 4.47. The summed E-state index contributed by atoms with van der Waals surface area (Å²) in [5.74, 6) is -0.188. The molecule has 110 valence electrons. The molecule has 7 heteroatoms. The Morgan fingerprint density at radius 3 is 2.23 bits per heavy atom. The number of H-pyrrole nitrogens is 1. The Morgan fingerprint density at radius 2 is 1.59 bits per heavy atom. The molecule has 0 radical (unpaired) electrons. The van der Waals surface area contributed by atoms with Crippen LogP contribution in [0.2, 0.25) is 0 Å². The van der Waals surface area contributed by atoms with Crippen LogP contribution in [0.4, 0.5) is 8.78 Å². The van der Waals surface area contributed by atoms with Crippen LogP contribution in [0.15, 0.2) is 53.6 Å². The van der Waals surface area contributed by atoms with Gasteiger partial charge in [0, 0.05) is 5.56 Å². The molecule has 2 aromatic carbocycles. The maximum absolute atomic E-state index is 13.0. The average molecular weight is 316 g/mol. The molecule has 4 nitrogen and oxygen atoms in total. The summed E-state index contributed by atoms with van der Waals surface area (Å²) in [4.78, 5) is 0. The van der Waals surface area contributed by atoms with Crippen molar-refractivity contribution in [3.63, 3.8) is 0 Å². The third kappa shape index (κ3) is 2.99. The Kier molecular flexibility index (Phi) is 3.88. The molecule has 3 aromatic rings. The highest BCUT2D eigenvalue weighted by molar-refractivity contribution is 7.71. The number of halogens is 2. The minimum Gasteiger partial charge on any atom is -0.250 e. The topological polar surface area (TPSA) is 46.0 Å². The summed E-state index contributed by atoms with van der Waals surface area (Å²) in [6.07, 6.45) is 1.54. The molecule has 0 unspecified atom stereocenters. The van der Waals surface area contributed by atoms with E-state index in [2.05, 4.69) is 15.3 Å². The summed E-state index contributed by atoms with van der Waals surface area (Å²) in [5, 5.41) is 11.0. The zero-order valence-corrected chi connectivity index (χ0v) is 12.0. The van der Waals surface area contributed by atoms with E-state index in [9.17, 15) is 8.78 Å². The number of nitrogens with zero attached hydrogens (tertiary/aromatic N) is 3. The Bertz CT molecular complexity index is 864. The maximum Gasteiger partial charge on any atom is 0.216 e. The van der Waals surface area contributed by atoms with Crippen molar-refractivity contribution in [3.8, 4) is 11.4 Å². The monoisotopic (exact) mass is 316 g/mol. The first kappa shape index (κ1) is 14.3. The average Bonchev–Trinajstić information content (AvgIpc) is 2.89. The first-order valence-electron chi connectivity index (χ1n) is 6.37. The molecular formula is C15H10F2N4S. The third-order valence-corrected chi connectivity index (χ3v) is 3.21. The molecule has 3 rings (SSSR count). The summed E-state index contributed by atoms with van der Waals surface area (Å²) < 4.78 is 27.6. The predicted octanol–water partition coefficient (Wildman–Crippen LogP) is 3.77. The zero-order chi connectivity index (χ0) is 15.5. The van der Waals surface area contributed by atoms with Crippen molar-refractivity contribution >= 4 is 18.4 Å². The first-order chi connectivity index (χ1) is 10.6. The molecule has 0 aliphatic rings. The van der Waals surface area contributed by atoms with Gasteiger partial charge < -0.3 is 0 Å². The smallest absolute Gasteiger partial charge is 0.216 e. The van der Waals surface area contributed by atoms with Crippen LogP contribution in [0, 0.1) is 16.4 Å². The Hall–Kier alpha value is -2.67. The zero-order valence-electron chi connectivity index (χ0n) is 11.2. The van der Waals surface area contributed by atoms with Crippen molar-refractivity contribution in [3.05, 3.63) is 70.5 Å². The number of benzene rings is 2. The van der Waals surface area contributed by atoms with Crippen LogP contribution < -0.4 is 0 Å². The summed E-state index contributed by atoms with van der Waals surface area (Å²) in [5.41, 5.74) is 1.39. The predicted molar refractivity (Wildman–Crippen MR) is 82.2 cm³/mol. The first-order valence-corrected chi connectivity index (χ1v) is 6.77. The highest BCUT2D eigenvalue weighted by Gasteiger charge is 2.07. The number of rotatable bonds is 3. The number of aromatic nitrogens is 3. The summed E-state index contributed by atoms with van der Waals surface area (Å²) in [6, 6.07) is 11.7. The molecule has 1 N–H and O–H groups in total. The molecule has 1 aromatic heterocycles. The fraction of sp³-hybridized carbons (Fsp3) is 0. The van der Waals surface area contributed by atoms with Crippen LogP contribution in [-0.4, -0.2) is 21.1 Å². The van der Waals surface area contributed by atoms with Gasteiger partial charge in [0.25, 0.3) is 0 Å². The molecule has 0 atom stereocenters. The minimum atomic E-state index is -0.334. The summed E-state index contributed by atoms with van der Waals surface area (Å²) in [6.45, 7) is 0. The summed E-state index contributed by atoms with van der Waals surface area (Å²) >= 11 is 5.13. The second-order valence-corrected chi connectivity index (χ2v) is 4.85. The van der Waals surface area contributed by atoms with E-state index in [0.717, 1.165) is 5.56 Å². The van der Waals surface area contributed by atoms with Gasteiger partial charge in [-0.2, -0.15) is 14.9 Å². The largest absolute Gasteiger partial charge is 0.250 e. The van der Waals surface area contributed by atoms with Gasteiger partial charge in [-0.05, 0) is 54.2 Å². The molecule has 22 heavy (non-hydrogen) atoms. The number of nitrogens with one attached hydrogen (secondary N) is 1. The van der Waals surface area contributed by atoms with E-state index in [1.54, 1.807) is 24.3 Å². The second kappa shape index (κ2) is 5.98. The van der Waals surface area contributed by atoms with Crippen LogP contribution in [0.3, 0.4) is 0 Å². The third-order valence-electron chi connectivity index (χ3n) is 2.95.